The van der Waals surface area contributed by atoms with E-state index in [1.54, 1.807) is 42.5 Å². The van der Waals surface area contributed by atoms with Crippen molar-refractivity contribution in [3.8, 4) is 5.75 Å². The fourth-order valence-electron chi connectivity index (χ4n) is 4.80. The fourth-order valence-corrected chi connectivity index (χ4v) is 6.61. The molecule has 2 amide bonds. The minimum atomic E-state index is -4.28. The molecule has 0 radical (unpaired) electrons. The van der Waals surface area contributed by atoms with E-state index < -0.39 is 28.5 Å². The molecule has 0 bridgehead atoms. The lowest BCUT2D eigenvalue weighted by molar-refractivity contribution is -0.140. The standard InChI is InChI=1S/C34H35Cl2N3O5S/c1-24(2)37-34(41)32(20-25-9-5-4-6-10-25)38(22-26-11-7-12-27(35)19-26)33(40)23-39(29-14-8-13-28(36)21-29)45(42,43)31-17-15-30(44-3)16-18-31/h4-19,21,24,32H,20,22-23H2,1-3H3,(H,37,41)/t32-/m1/s1. The van der Waals surface area contributed by atoms with Crippen molar-refractivity contribution in [3.63, 3.8) is 0 Å². The zero-order valence-electron chi connectivity index (χ0n) is 25.2. The number of hydrogen-bond donors (Lipinski definition) is 1. The van der Waals surface area contributed by atoms with Crippen LogP contribution < -0.4 is 14.4 Å². The molecule has 0 fully saturated rings. The number of benzene rings is 4. The Hall–Kier alpha value is -4.05. The summed E-state index contributed by atoms with van der Waals surface area (Å²) in [7, 11) is -2.80. The second-order valence-electron chi connectivity index (χ2n) is 10.7. The molecule has 0 saturated carbocycles. The average Bonchev–Trinajstić information content (AvgIpc) is 3.01. The molecule has 4 aromatic rings. The third kappa shape index (κ3) is 9.00. The van der Waals surface area contributed by atoms with Crippen LogP contribution in [0.1, 0.15) is 25.0 Å². The monoisotopic (exact) mass is 667 g/mol. The average molecular weight is 669 g/mol. The largest absolute Gasteiger partial charge is 0.497 e. The fraction of sp³-hybridized carbons (Fsp3) is 0.235. The van der Waals surface area contributed by atoms with Crippen molar-refractivity contribution in [2.24, 2.45) is 0 Å². The van der Waals surface area contributed by atoms with E-state index in [0.29, 0.717) is 21.4 Å². The molecular formula is C34H35Cl2N3O5S. The van der Waals surface area contributed by atoms with Crippen LogP contribution in [0, 0.1) is 0 Å². The number of methoxy groups -OCH3 is 1. The van der Waals surface area contributed by atoms with Gasteiger partial charge in [-0.05, 0) is 79.6 Å². The Morgan fingerprint density at radius 1 is 0.822 bits per heavy atom. The van der Waals surface area contributed by atoms with Crippen LogP contribution in [0.25, 0.3) is 0 Å². The second kappa shape index (κ2) is 15.3. The Morgan fingerprint density at radius 3 is 2.04 bits per heavy atom. The molecule has 0 saturated heterocycles. The molecule has 4 aromatic carbocycles. The van der Waals surface area contributed by atoms with Gasteiger partial charge in [-0.3, -0.25) is 13.9 Å². The van der Waals surface area contributed by atoms with Crippen molar-refractivity contribution in [1.82, 2.24) is 10.2 Å². The lowest BCUT2D eigenvalue weighted by atomic mass is 10.0. The van der Waals surface area contributed by atoms with Crippen molar-refractivity contribution in [2.75, 3.05) is 18.0 Å². The highest BCUT2D eigenvalue weighted by Gasteiger charge is 2.35. The van der Waals surface area contributed by atoms with E-state index in [4.69, 9.17) is 27.9 Å². The minimum Gasteiger partial charge on any atom is -0.497 e. The van der Waals surface area contributed by atoms with Gasteiger partial charge in [0.25, 0.3) is 10.0 Å². The lowest BCUT2D eigenvalue weighted by Crippen LogP contribution is -2.54. The molecule has 4 rings (SSSR count). The van der Waals surface area contributed by atoms with Gasteiger partial charge in [-0.2, -0.15) is 0 Å². The van der Waals surface area contributed by atoms with E-state index in [-0.39, 0.29) is 35.5 Å². The van der Waals surface area contributed by atoms with Crippen molar-refractivity contribution in [1.29, 1.82) is 0 Å². The molecule has 0 aliphatic rings. The number of sulfonamides is 1. The summed E-state index contributed by atoms with van der Waals surface area (Å²) in [4.78, 5) is 29.6. The summed E-state index contributed by atoms with van der Waals surface area (Å²) in [6.45, 7) is 3.08. The number of halogens is 2. The van der Waals surface area contributed by atoms with Crippen molar-refractivity contribution in [2.45, 2.75) is 43.8 Å². The quantitative estimate of drug-likeness (QED) is 0.179. The van der Waals surface area contributed by atoms with Gasteiger partial charge in [-0.15, -0.1) is 0 Å². The van der Waals surface area contributed by atoms with Crippen LogP contribution in [0.3, 0.4) is 0 Å². The number of carbonyl (C=O) groups excluding carboxylic acids is 2. The van der Waals surface area contributed by atoms with Crippen LogP contribution in [0.4, 0.5) is 5.69 Å². The zero-order chi connectivity index (χ0) is 32.6. The highest BCUT2D eigenvalue weighted by Crippen LogP contribution is 2.28. The molecule has 8 nitrogen and oxygen atoms in total. The van der Waals surface area contributed by atoms with Crippen molar-refractivity contribution in [3.05, 3.63) is 124 Å². The summed E-state index contributed by atoms with van der Waals surface area (Å²) < 4.78 is 34.4. The van der Waals surface area contributed by atoms with Gasteiger partial charge in [0, 0.05) is 29.1 Å². The highest BCUT2D eigenvalue weighted by molar-refractivity contribution is 7.92. The number of rotatable bonds is 13. The summed E-state index contributed by atoms with van der Waals surface area (Å²) in [5, 5.41) is 3.70. The molecule has 1 N–H and O–H groups in total. The summed E-state index contributed by atoms with van der Waals surface area (Å²) in [6, 6.07) is 27.3. The van der Waals surface area contributed by atoms with E-state index >= 15 is 0 Å². The molecule has 45 heavy (non-hydrogen) atoms. The summed E-state index contributed by atoms with van der Waals surface area (Å²) in [5.74, 6) is -0.477. The number of hydrogen-bond acceptors (Lipinski definition) is 5. The molecule has 0 aliphatic heterocycles. The van der Waals surface area contributed by atoms with Gasteiger partial charge in [-0.1, -0.05) is 71.7 Å². The maximum Gasteiger partial charge on any atom is 0.264 e. The molecule has 0 heterocycles. The third-order valence-electron chi connectivity index (χ3n) is 6.97. The smallest absolute Gasteiger partial charge is 0.264 e. The van der Waals surface area contributed by atoms with Gasteiger partial charge in [0.15, 0.2) is 0 Å². The van der Waals surface area contributed by atoms with Gasteiger partial charge in [0.2, 0.25) is 11.8 Å². The Labute approximate surface area is 274 Å². The summed E-state index contributed by atoms with van der Waals surface area (Å²) >= 11 is 12.6. The van der Waals surface area contributed by atoms with E-state index in [0.717, 1.165) is 9.87 Å². The van der Waals surface area contributed by atoms with Crippen LogP contribution in [0.2, 0.25) is 10.0 Å². The second-order valence-corrected chi connectivity index (χ2v) is 13.4. The number of amides is 2. The molecule has 1 atom stereocenters. The Morgan fingerprint density at radius 2 is 1.44 bits per heavy atom. The Bertz CT molecular complexity index is 1720. The first kappa shape index (κ1) is 33.8. The molecule has 11 heteroatoms. The summed E-state index contributed by atoms with van der Waals surface area (Å²) in [5.41, 5.74) is 1.71. The first-order valence-electron chi connectivity index (χ1n) is 14.3. The van der Waals surface area contributed by atoms with Gasteiger partial charge >= 0.3 is 0 Å². The van der Waals surface area contributed by atoms with Crippen LogP contribution in [-0.2, 0) is 32.6 Å². The predicted octanol–water partition coefficient (Wildman–Crippen LogP) is 6.36. The topological polar surface area (TPSA) is 96.0 Å². The van der Waals surface area contributed by atoms with Crippen LogP contribution >= 0.6 is 23.2 Å². The molecular weight excluding hydrogens is 633 g/mol. The van der Waals surface area contributed by atoms with E-state index in [1.807, 2.05) is 44.2 Å². The van der Waals surface area contributed by atoms with Gasteiger partial charge < -0.3 is 15.0 Å². The molecule has 0 spiro atoms. The van der Waals surface area contributed by atoms with Crippen LogP contribution in [0.15, 0.2) is 108 Å². The molecule has 236 valence electrons. The van der Waals surface area contributed by atoms with Gasteiger partial charge in [0.1, 0.15) is 18.3 Å². The number of nitrogens with zero attached hydrogens (tertiary/aromatic N) is 2. The maximum atomic E-state index is 14.5. The number of anilines is 1. The lowest BCUT2D eigenvalue weighted by Gasteiger charge is -2.34. The van der Waals surface area contributed by atoms with E-state index in [2.05, 4.69) is 5.32 Å². The predicted molar refractivity (Wildman–Crippen MR) is 178 cm³/mol. The Balaban J connectivity index is 1.81. The Kier molecular flexibility index (Phi) is 11.5. The number of ether oxygens (including phenoxy) is 1. The first-order valence-corrected chi connectivity index (χ1v) is 16.5. The van der Waals surface area contributed by atoms with Crippen LogP contribution in [-0.4, -0.2) is 50.9 Å². The minimum absolute atomic E-state index is 0.00831. The normalized spacial score (nSPS) is 12.0. The number of nitrogens with one attached hydrogen (secondary N) is 1. The SMILES string of the molecule is COc1ccc(S(=O)(=O)N(CC(=O)N(Cc2cccc(Cl)c2)[C@H](Cc2ccccc2)C(=O)NC(C)C)c2cccc(Cl)c2)cc1. The zero-order valence-corrected chi connectivity index (χ0v) is 27.5. The number of carbonyl (C=O) groups is 2. The molecule has 0 aromatic heterocycles. The highest BCUT2D eigenvalue weighted by atomic mass is 35.5. The van der Waals surface area contributed by atoms with Crippen LogP contribution in [0.5, 0.6) is 5.75 Å². The molecule has 0 unspecified atom stereocenters. The molecule has 0 aliphatic carbocycles. The van der Waals surface area contributed by atoms with E-state index in [1.165, 1.54) is 42.3 Å². The third-order valence-corrected chi connectivity index (χ3v) is 9.22. The maximum absolute atomic E-state index is 14.5. The van der Waals surface area contributed by atoms with Crippen molar-refractivity contribution < 1.29 is 22.7 Å². The van der Waals surface area contributed by atoms with Gasteiger partial charge in [-0.25, -0.2) is 8.42 Å². The van der Waals surface area contributed by atoms with Gasteiger partial charge in [0.05, 0.1) is 17.7 Å². The summed E-state index contributed by atoms with van der Waals surface area (Å²) in [6.07, 6.45) is 0.202. The van der Waals surface area contributed by atoms with Crippen molar-refractivity contribution >= 4 is 50.7 Å². The van der Waals surface area contributed by atoms with E-state index in [9.17, 15) is 18.0 Å². The first-order chi connectivity index (χ1) is 21.5.